The zero-order valence-electron chi connectivity index (χ0n) is 22.4. The lowest BCUT2D eigenvalue weighted by Crippen LogP contribution is -2.39. The number of halogens is 3. The summed E-state index contributed by atoms with van der Waals surface area (Å²) >= 11 is 20.7. The normalized spacial score (nSPS) is 17.3. The average molecular weight is 609 g/mol. The first kappa shape index (κ1) is 28.6. The molecule has 204 valence electrons. The molecule has 0 saturated heterocycles. The van der Waals surface area contributed by atoms with Gasteiger partial charge in [0, 0.05) is 44.1 Å². The standard InChI is InChI=1S/C32H28Cl3N3OS/c1-17-11-20(16-40-29-13-21(33)8-10-25(29)34)19(3)23(12-17)30-24(15-36)32(37)38(22-9-7-18(2)26(35)14-22)27-5-4-6-28(39)31(27)30/h7-14,30H,4-6,16,37H2,1-3H3. The lowest BCUT2D eigenvalue weighted by molar-refractivity contribution is -0.116. The van der Waals surface area contributed by atoms with E-state index >= 15 is 0 Å². The molecule has 40 heavy (non-hydrogen) atoms. The second-order valence-electron chi connectivity index (χ2n) is 10.3. The molecule has 2 aliphatic rings. The van der Waals surface area contributed by atoms with Gasteiger partial charge in [0.2, 0.25) is 0 Å². The van der Waals surface area contributed by atoms with Crippen molar-refractivity contribution in [3.63, 3.8) is 0 Å². The summed E-state index contributed by atoms with van der Waals surface area (Å²) in [6, 6.07) is 17.7. The van der Waals surface area contributed by atoms with E-state index in [1.165, 1.54) is 0 Å². The Morgan fingerprint density at radius 3 is 2.52 bits per heavy atom. The van der Waals surface area contributed by atoms with Crippen molar-refractivity contribution in [2.45, 2.75) is 56.6 Å². The number of aryl methyl sites for hydroxylation is 2. The van der Waals surface area contributed by atoms with Crippen LogP contribution in [0.3, 0.4) is 0 Å². The van der Waals surface area contributed by atoms with Crippen LogP contribution in [0.5, 0.6) is 0 Å². The fourth-order valence-corrected chi connectivity index (χ4v) is 7.29. The quantitative estimate of drug-likeness (QED) is 0.293. The first-order valence-electron chi connectivity index (χ1n) is 13.0. The average Bonchev–Trinajstić information content (AvgIpc) is 2.92. The molecule has 0 amide bonds. The Morgan fingerprint density at radius 2 is 1.80 bits per heavy atom. The molecule has 1 aliphatic heterocycles. The van der Waals surface area contributed by atoms with E-state index in [0.29, 0.717) is 50.6 Å². The van der Waals surface area contributed by atoms with Crippen molar-refractivity contribution < 1.29 is 4.79 Å². The lowest BCUT2D eigenvalue weighted by Gasteiger charge is -2.40. The number of nitrogens with zero attached hydrogens (tertiary/aromatic N) is 2. The van der Waals surface area contributed by atoms with Crippen LogP contribution in [0.25, 0.3) is 0 Å². The van der Waals surface area contributed by atoms with Crippen LogP contribution in [-0.4, -0.2) is 5.78 Å². The van der Waals surface area contributed by atoms with Gasteiger partial charge >= 0.3 is 0 Å². The lowest BCUT2D eigenvalue weighted by atomic mass is 9.73. The van der Waals surface area contributed by atoms with E-state index in [2.05, 4.69) is 25.1 Å². The second-order valence-corrected chi connectivity index (χ2v) is 12.5. The van der Waals surface area contributed by atoms with Crippen LogP contribution in [0.4, 0.5) is 5.69 Å². The van der Waals surface area contributed by atoms with Crippen molar-refractivity contribution in [1.82, 2.24) is 0 Å². The highest BCUT2D eigenvalue weighted by atomic mass is 35.5. The third-order valence-electron chi connectivity index (χ3n) is 7.61. The van der Waals surface area contributed by atoms with Crippen LogP contribution < -0.4 is 10.6 Å². The predicted molar refractivity (Wildman–Crippen MR) is 166 cm³/mol. The van der Waals surface area contributed by atoms with E-state index in [0.717, 1.165) is 50.5 Å². The van der Waals surface area contributed by atoms with E-state index in [4.69, 9.17) is 40.5 Å². The van der Waals surface area contributed by atoms with Crippen molar-refractivity contribution in [2.24, 2.45) is 5.73 Å². The van der Waals surface area contributed by atoms with Gasteiger partial charge in [-0.2, -0.15) is 5.26 Å². The molecule has 1 aliphatic carbocycles. The maximum absolute atomic E-state index is 13.6. The summed E-state index contributed by atoms with van der Waals surface area (Å²) in [5.41, 5.74) is 14.4. The van der Waals surface area contributed by atoms with Crippen LogP contribution in [0.1, 0.15) is 53.0 Å². The van der Waals surface area contributed by atoms with Gasteiger partial charge in [0.05, 0.1) is 22.6 Å². The number of hydrogen-bond donors (Lipinski definition) is 1. The summed E-state index contributed by atoms with van der Waals surface area (Å²) < 4.78 is 0. The number of thioether (sulfide) groups is 1. The number of Topliss-reactive ketones (excluding diaryl/α,β-unsaturated/α-hetero) is 1. The minimum absolute atomic E-state index is 0.0530. The monoisotopic (exact) mass is 607 g/mol. The third-order valence-corrected chi connectivity index (χ3v) is 9.80. The molecule has 0 aromatic heterocycles. The van der Waals surface area contributed by atoms with Crippen molar-refractivity contribution >= 4 is 58.0 Å². The van der Waals surface area contributed by atoms with Crippen molar-refractivity contribution in [1.29, 1.82) is 5.26 Å². The zero-order chi connectivity index (χ0) is 28.7. The van der Waals surface area contributed by atoms with Gasteiger partial charge in [-0.05, 0) is 86.2 Å². The van der Waals surface area contributed by atoms with E-state index < -0.39 is 5.92 Å². The maximum atomic E-state index is 13.6. The molecule has 1 unspecified atom stereocenters. The first-order chi connectivity index (χ1) is 19.1. The van der Waals surface area contributed by atoms with Gasteiger partial charge in [0.1, 0.15) is 5.82 Å². The Kier molecular flexibility index (Phi) is 8.27. The Morgan fingerprint density at radius 1 is 1.02 bits per heavy atom. The molecular formula is C32H28Cl3N3OS. The second kappa shape index (κ2) is 11.5. The first-order valence-corrected chi connectivity index (χ1v) is 15.1. The number of rotatable bonds is 5. The van der Waals surface area contributed by atoms with Gasteiger partial charge in [-0.1, -0.05) is 58.6 Å². The molecule has 3 aromatic rings. The summed E-state index contributed by atoms with van der Waals surface area (Å²) in [5.74, 6) is 0.506. The van der Waals surface area contributed by atoms with Gasteiger partial charge in [-0.15, -0.1) is 11.8 Å². The van der Waals surface area contributed by atoms with Gasteiger partial charge in [-0.25, -0.2) is 0 Å². The fraction of sp³-hybridized carbons (Fsp3) is 0.250. The molecule has 2 N–H and O–H groups in total. The summed E-state index contributed by atoms with van der Waals surface area (Å²) in [4.78, 5) is 16.4. The number of hydrogen-bond acceptors (Lipinski definition) is 5. The van der Waals surface area contributed by atoms with Gasteiger partial charge in [0.25, 0.3) is 0 Å². The molecule has 4 nitrogen and oxygen atoms in total. The van der Waals surface area contributed by atoms with Crippen molar-refractivity contribution in [3.05, 3.63) is 114 Å². The summed E-state index contributed by atoms with van der Waals surface area (Å²) in [6.07, 6.45) is 1.85. The largest absolute Gasteiger partial charge is 0.384 e. The van der Waals surface area contributed by atoms with Crippen molar-refractivity contribution in [2.75, 3.05) is 4.90 Å². The molecule has 1 atom stereocenters. The van der Waals surface area contributed by atoms with E-state index in [1.807, 2.05) is 43.0 Å². The number of carbonyl (C=O) groups is 1. The van der Waals surface area contributed by atoms with Crippen LogP contribution in [0.2, 0.25) is 15.1 Å². The minimum Gasteiger partial charge on any atom is -0.384 e. The predicted octanol–water partition coefficient (Wildman–Crippen LogP) is 9.17. The van der Waals surface area contributed by atoms with Crippen molar-refractivity contribution in [3.8, 4) is 6.07 Å². The third kappa shape index (κ3) is 5.27. The molecule has 0 fully saturated rings. The van der Waals surface area contributed by atoms with Crippen LogP contribution in [0, 0.1) is 32.1 Å². The Bertz CT molecular complexity index is 1650. The number of nitrogens with two attached hydrogens (primary N) is 1. The number of carbonyl (C=O) groups excluding carboxylic acids is 1. The number of benzene rings is 3. The number of allylic oxidation sites excluding steroid dienone is 3. The SMILES string of the molecule is Cc1cc(CSc2cc(Cl)ccc2Cl)c(C)c(C2C(C#N)=C(N)N(c3ccc(C)c(Cl)c3)C3=C2C(=O)CCC3)c1. The van der Waals surface area contributed by atoms with Crippen LogP contribution in [0.15, 0.2) is 76.1 Å². The summed E-state index contributed by atoms with van der Waals surface area (Å²) in [5, 5.41) is 12.3. The Labute approximate surface area is 254 Å². The highest BCUT2D eigenvalue weighted by molar-refractivity contribution is 7.98. The molecule has 0 saturated carbocycles. The molecule has 8 heteroatoms. The number of anilines is 1. The molecule has 0 bridgehead atoms. The molecule has 0 spiro atoms. The summed E-state index contributed by atoms with van der Waals surface area (Å²) in [7, 11) is 0. The molecule has 3 aromatic carbocycles. The van der Waals surface area contributed by atoms with E-state index in [1.54, 1.807) is 23.9 Å². The Hall–Kier alpha value is -2.88. The van der Waals surface area contributed by atoms with Gasteiger partial charge in [-0.3, -0.25) is 9.69 Å². The van der Waals surface area contributed by atoms with E-state index in [-0.39, 0.29) is 5.78 Å². The molecule has 0 radical (unpaired) electrons. The van der Waals surface area contributed by atoms with Gasteiger partial charge < -0.3 is 5.73 Å². The molecule has 5 rings (SSSR count). The highest BCUT2D eigenvalue weighted by Crippen LogP contribution is 2.48. The minimum atomic E-state index is -0.539. The molecular weight excluding hydrogens is 581 g/mol. The summed E-state index contributed by atoms with van der Waals surface area (Å²) in [6.45, 7) is 6.02. The van der Waals surface area contributed by atoms with Gasteiger partial charge in [0.15, 0.2) is 5.78 Å². The Balaban J connectivity index is 1.64. The highest BCUT2D eigenvalue weighted by Gasteiger charge is 2.41. The zero-order valence-corrected chi connectivity index (χ0v) is 25.5. The number of ketones is 1. The van der Waals surface area contributed by atoms with E-state index in [9.17, 15) is 10.1 Å². The maximum Gasteiger partial charge on any atom is 0.161 e. The smallest absolute Gasteiger partial charge is 0.161 e. The molecule has 1 heterocycles. The van der Waals surface area contributed by atoms with Crippen LogP contribution in [-0.2, 0) is 10.5 Å². The topological polar surface area (TPSA) is 70.1 Å². The number of nitriles is 1. The van der Waals surface area contributed by atoms with Crippen LogP contribution >= 0.6 is 46.6 Å². The fourth-order valence-electron chi connectivity index (χ4n) is 5.57.